The lowest BCUT2D eigenvalue weighted by Gasteiger charge is -2.31. The largest absolute Gasteiger partial charge is 0.360 e. The standard InChI is InChI=1S/C20H25N3O3S2/c1-14-5-7-17(15(2)11-14)21-20(24)13-23-9-10-27-19-8-6-16(12-18(19)23)28(25,26)22(3)4/h5-8,11-12H,9-10,13H2,1-4H3,(H,21,24). The van der Waals surface area contributed by atoms with Gasteiger partial charge in [-0.05, 0) is 43.7 Å². The van der Waals surface area contributed by atoms with Gasteiger partial charge in [-0.25, -0.2) is 12.7 Å². The topological polar surface area (TPSA) is 69.7 Å². The van der Waals surface area contributed by atoms with Gasteiger partial charge in [-0.1, -0.05) is 17.7 Å². The van der Waals surface area contributed by atoms with E-state index in [1.54, 1.807) is 23.9 Å². The van der Waals surface area contributed by atoms with E-state index < -0.39 is 10.0 Å². The third-order valence-corrected chi connectivity index (χ3v) is 7.51. The van der Waals surface area contributed by atoms with Gasteiger partial charge in [0, 0.05) is 37.0 Å². The molecule has 3 rings (SSSR count). The lowest BCUT2D eigenvalue weighted by molar-refractivity contribution is -0.115. The van der Waals surface area contributed by atoms with E-state index in [9.17, 15) is 13.2 Å². The van der Waals surface area contributed by atoms with Crippen LogP contribution in [0.15, 0.2) is 46.2 Å². The molecule has 2 aromatic carbocycles. The van der Waals surface area contributed by atoms with Crippen LogP contribution < -0.4 is 10.2 Å². The van der Waals surface area contributed by atoms with Crippen LogP contribution in [-0.4, -0.2) is 51.6 Å². The highest BCUT2D eigenvalue weighted by Gasteiger charge is 2.24. The first kappa shape index (κ1) is 20.7. The molecule has 8 heteroatoms. The van der Waals surface area contributed by atoms with Crippen molar-refractivity contribution in [2.75, 3.05) is 43.2 Å². The zero-order valence-corrected chi connectivity index (χ0v) is 18.2. The Balaban J connectivity index is 1.82. The summed E-state index contributed by atoms with van der Waals surface area (Å²) in [5, 5.41) is 2.96. The van der Waals surface area contributed by atoms with Gasteiger partial charge in [0.25, 0.3) is 0 Å². The van der Waals surface area contributed by atoms with Crippen LogP contribution in [0.5, 0.6) is 0 Å². The van der Waals surface area contributed by atoms with E-state index in [0.717, 1.165) is 33.2 Å². The van der Waals surface area contributed by atoms with Crippen molar-refractivity contribution >= 4 is 39.1 Å². The van der Waals surface area contributed by atoms with Gasteiger partial charge in [-0.2, -0.15) is 0 Å². The Kier molecular flexibility index (Phi) is 6.02. The number of carbonyl (C=O) groups is 1. The molecular formula is C20H25N3O3S2. The third kappa shape index (κ3) is 4.34. The number of nitrogens with one attached hydrogen (secondary N) is 1. The predicted octanol–water partition coefficient (Wildman–Crippen LogP) is 3.10. The van der Waals surface area contributed by atoms with Crippen LogP contribution in [-0.2, 0) is 14.8 Å². The summed E-state index contributed by atoms with van der Waals surface area (Å²) in [7, 11) is -0.499. The van der Waals surface area contributed by atoms with Gasteiger partial charge in [-0.3, -0.25) is 4.79 Å². The van der Waals surface area contributed by atoms with Crippen molar-refractivity contribution in [2.45, 2.75) is 23.6 Å². The summed E-state index contributed by atoms with van der Waals surface area (Å²) < 4.78 is 26.1. The summed E-state index contributed by atoms with van der Waals surface area (Å²) in [6.07, 6.45) is 0. The summed E-state index contributed by atoms with van der Waals surface area (Å²) >= 11 is 1.67. The molecule has 0 saturated carbocycles. The van der Waals surface area contributed by atoms with Crippen LogP contribution in [0.25, 0.3) is 0 Å². The number of fused-ring (bicyclic) bond motifs is 1. The quantitative estimate of drug-likeness (QED) is 0.806. The molecule has 1 amide bonds. The lowest BCUT2D eigenvalue weighted by Crippen LogP contribution is -2.37. The number of aryl methyl sites for hydroxylation is 2. The first-order valence-electron chi connectivity index (χ1n) is 9.00. The van der Waals surface area contributed by atoms with Crippen LogP contribution in [0.2, 0.25) is 0 Å². The van der Waals surface area contributed by atoms with Crippen molar-refractivity contribution in [3.63, 3.8) is 0 Å². The van der Waals surface area contributed by atoms with E-state index in [0.29, 0.717) is 6.54 Å². The van der Waals surface area contributed by atoms with E-state index in [1.807, 2.05) is 43.0 Å². The molecule has 0 aromatic heterocycles. The molecule has 2 aromatic rings. The molecule has 0 unspecified atom stereocenters. The molecule has 1 N–H and O–H groups in total. The van der Waals surface area contributed by atoms with E-state index in [1.165, 1.54) is 18.4 Å². The molecule has 1 aliphatic heterocycles. The zero-order valence-electron chi connectivity index (χ0n) is 16.5. The minimum absolute atomic E-state index is 0.120. The molecule has 0 spiro atoms. The van der Waals surface area contributed by atoms with E-state index in [-0.39, 0.29) is 17.3 Å². The van der Waals surface area contributed by atoms with Crippen LogP contribution in [0.4, 0.5) is 11.4 Å². The Morgan fingerprint density at radius 3 is 2.61 bits per heavy atom. The number of benzene rings is 2. The zero-order chi connectivity index (χ0) is 20.5. The number of hydrogen-bond donors (Lipinski definition) is 1. The minimum atomic E-state index is -3.52. The molecule has 0 radical (unpaired) electrons. The smallest absolute Gasteiger partial charge is 0.243 e. The van der Waals surface area contributed by atoms with Crippen molar-refractivity contribution in [3.05, 3.63) is 47.5 Å². The fraction of sp³-hybridized carbons (Fsp3) is 0.350. The number of carbonyl (C=O) groups excluding carboxylic acids is 1. The van der Waals surface area contributed by atoms with Crippen molar-refractivity contribution in [2.24, 2.45) is 0 Å². The van der Waals surface area contributed by atoms with Crippen molar-refractivity contribution in [3.8, 4) is 0 Å². The summed E-state index contributed by atoms with van der Waals surface area (Å²) in [6, 6.07) is 11.0. The predicted molar refractivity (Wildman–Crippen MR) is 115 cm³/mol. The molecule has 28 heavy (non-hydrogen) atoms. The third-order valence-electron chi connectivity index (χ3n) is 4.66. The summed E-state index contributed by atoms with van der Waals surface area (Å²) in [5.41, 5.74) is 3.75. The highest BCUT2D eigenvalue weighted by Crippen LogP contribution is 2.36. The number of nitrogens with zero attached hydrogens (tertiary/aromatic N) is 2. The molecule has 1 heterocycles. The number of sulfonamides is 1. The molecule has 150 valence electrons. The molecule has 1 aliphatic rings. The number of rotatable bonds is 5. The van der Waals surface area contributed by atoms with Gasteiger partial charge < -0.3 is 10.2 Å². The van der Waals surface area contributed by atoms with Gasteiger partial charge in [0.1, 0.15) is 0 Å². The van der Waals surface area contributed by atoms with Crippen molar-refractivity contribution in [1.29, 1.82) is 0 Å². The van der Waals surface area contributed by atoms with Gasteiger partial charge in [0.15, 0.2) is 0 Å². The molecule has 0 fully saturated rings. The van der Waals surface area contributed by atoms with E-state index in [4.69, 9.17) is 0 Å². The Morgan fingerprint density at radius 1 is 1.18 bits per heavy atom. The summed E-state index contributed by atoms with van der Waals surface area (Å²) in [5.74, 6) is 0.731. The SMILES string of the molecule is Cc1ccc(NC(=O)CN2CCSc3ccc(S(=O)(=O)N(C)C)cc32)c(C)c1. The van der Waals surface area contributed by atoms with Crippen molar-refractivity contribution < 1.29 is 13.2 Å². The fourth-order valence-corrected chi connectivity index (χ4v) is 5.06. The second-order valence-corrected chi connectivity index (χ2v) is 10.3. The molecule has 0 atom stereocenters. The summed E-state index contributed by atoms with van der Waals surface area (Å²) in [6.45, 7) is 4.84. The molecule has 0 bridgehead atoms. The molecule has 0 aliphatic carbocycles. The second-order valence-electron chi connectivity index (χ2n) is 7.05. The molecule has 0 saturated heterocycles. The van der Waals surface area contributed by atoms with Crippen LogP contribution in [0.1, 0.15) is 11.1 Å². The van der Waals surface area contributed by atoms with Crippen molar-refractivity contribution in [1.82, 2.24) is 4.31 Å². The average Bonchev–Trinajstić information content (AvgIpc) is 2.64. The van der Waals surface area contributed by atoms with Gasteiger partial charge in [-0.15, -0.1) is 11.8 Å². The molecule has 6 nitrogen and oxygen atoms in total. The van der Waals surface area contributed by atoms with Gasteiger partial charge >= 0.3 is 0 Å². The number of anilines is 2. The minimum Gasteiger partial charge on any atom is -0.360 e. The number of hydrogen-bond acceptors (Lipinski definition) is 5. The second kappa shape index (κ2) is 8.14. The monoisotopic (exact) mass is 419 g/mol. The Hall–Kier alpha value is -2.03. The van der Waals surface area contributed by atoms with Crippen LogP contribution >= 0.6 is 11.8 Å². The maximum atomic E-state index is 12.6. The maximum absolute atomic E-state index is 12.6. The van der Waals surface area contributed by atoms with Gasteiger partial charge in [0.05, 0.1) is 17.1 Å². The summed E-state index contributed by atoms with van der Waals surface area (Å²) in [4.78, 5) is 15.8. The first-order chi connectivity index (χ1) is 13.2. The Labute approximate surface area is 171 Å². The highest BCUT2D eigenvalue weighted by atomic mass is 32.2. The lowest BCUT2D eigenvalue weighted by atomic mass is 10.1. The maximum Gasteiger partial charge on any atom is 0.243 e. The molecular weight excluding hydrogens is 394 g/mol. The van der Waals surface area contributed by atoms with E-state index >= 15 is 0 Å². The Bertz CT molecular complexity index is 1000. The van der Waals surface area contributed by atoms with E-state index in [2.05, 4.69) is 5.32 Å². The average molecular weight is 420 g/mol. The van der Waals surface area contributed by atoms with Gasteiger partial charge in [0.2, 0.25) is 15.9 Å². The first-order valence-corrected chi connectivity index (χ1v) is 11.4. The highest BCUT2D eigenvalue weighted by molar-refractivity contribution is 7.99. The number of thioether (sulfide) groups is 1. The fourth-order valence-electron chi connectivity index (χ4n) is 3.11. The van der Waals surface area contributed by atoms with Crippen LogP contribution in [0, 0.1) is 13.8 Å². The van der Waals surface area contributed by atoms with Crippen LogP contribution in [0.3, 0.4) is 0 Å². The Morgan fingerprint density at radius 2 is 1.93 bits per heavy atom. The number of amides is 1. The normalized spacial score (nSPS) is 14.1.